The number of hydrogen-bond donors (Lipinski definition) is 1. The summed E-state index contributed by atoms with van der Waals surface area (Å²) >= 11 is 0. The van der Waals surface area contributed by atoms with Gasteiger partial charge in [-0.25, -0.2) is 4.98 Å². The van der Waals surface area contributed by atoms with Crippen molar-refractivity contribution in [3.8, 4) is 22.9 Å². The van der Waals surface area contributed by atoms with Crippen LogP contribution in [0.4, 0.5) is 0 Å². The second kappa shape index (κ2) is 6.31. The summed E-state index contributed by atoms with van der Waals surface area (Å²) in [6, 6.07) is 15.7. The fraction of sp³-hybridized carbons (Fsp3) is 0.0870. The predicted octanol–water partition coefficient (Wildman–Crippen LogP) is 4.02. The minimum Gasteiger partial charge on any atom is -0.497 e. The van der Waals surface area contributed by atoms with E-state index in [1.807, 2.05) is 6.07 Å². The molecule has 29 heavy (non-hydrogen) atoms. The Morgan fingerprint density at radius 1 is 0.793 bits per heavy atom. The Hall–Kier alpha value is -3.93. The van der Waals surface area contributed by atoms with Gasteiger partial charge in [0.05, 0.1) is 36.4 Å². The Kier molecular flexibility index (Phi) is 3.74. The van der Waals surface area contributed by atoms with Crippen molar-refractivity contribution in [3.63, 3.8) is 0 Å². The summed E-state index contributed by atoms with van der Waals surface area (Å²) in [4.78, 5) is 34.0. The van der Waals surface area contributed by atoms with Gasteiger partial charge in [-0.2, -0.15) is 0 Å². The molecule has 0 amide bonds. The zero-order valence-electron chi connectivity index (χ0n) is 15.8. The molecule has 1 aliphatic carbocycles. The number of benzene rings is 3. The van der Waals surface area contributed by atoms with Crippen LogP contribution in [0, 0.1) is 0 Å². The number of carbonyl (C=O) groups is 2. The van der Waals surface area contributed by atoms with Crippen molar-refractivity contribution < 1.29 is 19.1 Å². The minimum absolute atomic E-state index is 0.160. The molecule has 0 unspecified atom stereocenters. The van der Waals surface area contributed by atoms with E-state index in [1.54, 1.807) is 62.8 Å². The Balaban J connectivity index is 1.75. The highest BCUT2D eigenvalue weighted by molar-refractivity contribution is 6.31. The first-order valence-electron chi connectivity index (χ1n) is 9.06. The molecular formula is C23H16N2O4. The van der Waals surface area contributed by atoms with Gasteiger partial charge in [0.15, 0.2) is 11.6 Å². The van der Waals surface area contributed by atoms with Crippen LogP contribution in [0.15, 0.2) is 54.6 Å². The van der Waals surface area contributed by atoms with Gasteiger partial charge in [-0.3, -0.25) is 9.59 Å². The lowest BCUT2D eigenvalue weighted by Gasteiger charge is -2.17. The lowest BCUT2D eigenvalue weighted by Crippen LogP contribution is -2.21. The average Bonchev–Trinajstić information content (AvgIpc) is 3.20. The Morgan fingerprint density at radius 3 is 2.28 bits per heavy atom. The summed E-state index contributed by atoms with van der Waals surface area (Å²) < 4.78 is 10.8. The summed E-state index contributed by atoms with van der Waals surface area (Å²) in [5.74, 6) is 1.46. The maximum atomic E-state index is 13.2. The molecule has 142 valence electrons. The third-order valence-corrected chi connectivity index (χ3v) is 5.21. The number of fused-ring (bicyclic) bond motifs is 4. The molecule has 3 aromatic carbocycles. The normalized spacial score (nSPS) is 12.6. The van der Waals surface area contributed by atoms with Gasteiger partial charge in [0.25, 0.3) is 0 Å². The number of methoxy groups -OCH3 is 2. The van der Waals surface area contributed by atoms with E-state index in [2.05, 4.69) is 9.97 Å². The lowest BCUT2D eigenvalue weighted by atomic mass is 9.83. The topological polar surface area (TPSA) is 81.3 Å². The average molecular weight is 384 g/mol. The molecule has 0 saturated heterocycles. The molecular weight excluding hydrogens is 368 g/mol. The van der Waals surface area contributed by atoms with Crippen LogP contribution >= 0.6 is 0 Å². The zero-order chi connectivity index (χ0) is 20.1. The van der Waals surface area contributed by atoms with Crippen LogP contribution in [0.2, 0.25) is 0 Å². The third kappa shape index (κ3) is 2.46. The van der Waals surface area contributed by atoms with Crippen molar-refractivity contribution in [3.05, 3.63) is 76.9 Å². The number of ketones is 2. The van der Waals surface area contributed by atoms with E-state index in [1.165, 1.54) is 0 Å². The first-order chi connectivity index (χ1) is 14.1. The summed E-state index contributed by atoms with van der Waals surface area (Å²) in [5.41, 5.74) is 3.41. The molecule has 0 aliphatic heterocycles. The van der Waals surface area contributed by atoms with Gasteiger partial charge in [0, 0.05) is 16.7 Å². The third-order valence-electron chi connectivity index (χ3n) is 5.21. The van der Waals surface area contributed by atoms with E-state index >= 15 is 0 Å². The van der Waals surface area contributed by atoms with Crippen LogP contribution in [0.3, 0.4) is 0 Å². The van der Waals surface area contributed by atoms with Crippen molar-refractivity contribution in [2.45, 2.75) is 0 Å². The molecule has 0 saturated carbocycles. The van der Waals surface area contributed by atoms with E-state index in [4.69, 9.17) is 9.47 Å². The number of nitrogens with one attached hydrogen (secondary N) is 1. The van der Waals surface area contributed by atoms with Crippen molar-refractivity contribution in [1.29, 1.82) is 0 Å². The van der Waals surface area contributed by atoms with Crippen molar-refractivity contribution >= 4 is 22.6 Å². The molecule has 6 heteroatoms. The van der Waals surface area contributed by atoms with Crippen LogP contribution in [0.5, 0.6) is 11.5 Å². The molecule has 1 aromatic heterocycles. The molecule has 0 bridgehead atoms. The number of rotatable bonds is 3. The summed E-state index contributed by atoms with van der Waals surface area (Å²) in [6.07, 6.45) is 0. The highest BCUT2D eigenvalue weighted by Crippen LogP contribution is 2.36. The molecule has 5 rings (SSSR count). The van der Waals surface area contributed by atoms with E-state index in [-0.39, 0.29) is 11.6 Å². The van der Waals surface area contributed by atoms with Gasteiger partial charge in [-0.15, -0.1) is 0 Å². The van der Waals surface area contributed by atoms with Crippen LogP contribution in [0.1, 0.15) is 31.8 Å². The van der Waals surface area contributed by atoms with E-state index in [9.17, 15) is 9.59 Å². The van der Waals surface area contributed by atoms with Crippen LogP contribution in [-0.2, 0) is 0 Å². The number of imidazole rings is 1. The molecule has 4 aromatic rings. The maximum Gasteiger partial charge on any atom is 0.196 e. The fourth-order valence-electron chi connectivity index (χ4n) is 3.79. The second-order valence-corrected chi connectivity index (χ2v) is 6.74. The van der Waals surface area contributed by atoms with E-state index in [0.717, 1.165) is 0 Å². The van der Waals surface area contributed by atoms with E-state index in [0.29, 0.717) is 56.2 Å². The molecule has 0 atom stereocenters. The molecule has 0 radical (unpaired) electrons. The minimum atomic E-state index is -0.186. The Labute approximate surface area is 166 Å². The highest BCUT2D eigenvalue weighted by atomic mass is 16.5. The number of aromatic amines is 1. The fourth-order valence-corrected chi connectivity index (χ4v) is 3.79. The summed E-state index contributed by atoms with van der Waals surface area (Å²) in [7, 11) is 3.16. The Bertz CT molecular complexity index is 1320. The molecule has 1 aliphatic rings. The smallest absolute Gasteiger partial charge is 0.196 e. The van der Waals surface area contributed by atoms with Gasteiger partial charge >= 0.3 is 0 Å². The summed E-state index contributed by atoms with van der Waals surface area (Å²) in [6.45, 7) is 0. The number of aromatic nitrogens is 2. The quantitative estimate of drug-likeness (QED) is 0.508. The zero-order valence-corrected chi connectivity index (χ0v) is 15.8. The highest BCUT2D eigenvalue weighted by Gasteiger charge is 2.32. The van der Waals surface area contributed by atoms with Crippen LogP contribution < -0.4 is 9.47 Å². The molecule has 1 N–H and O–H groups in total. The Morgan fingerprint density at radius 2 is 1.55 bits per heavy atom. The number of ether oxygens (including phenoxy) is 2. The SMILES string of the molecule is COc1ccc(OC)c(-c2nc3ccc4c(c3[nH]2)C(=O)c2ccccc2C4=O)c1. The summed E-state index contributed by atoms with van der Waals surface area (Å²) in [5, 5.41) is 0. The number of carbonyl (C=O) groups excluding carboxylic acids is 2. The second-order valence-electron chi connectivity index (χ2n) is 6.74. The van der Waals surface area contributed by atoms with Gasteiger partial charge in [-0.05, 0) is 30.3 Å². The van der Waals surface area contributed by atoms with Crippen molar-refractivity contribution in [2.75, 3.05) is 14.2 Å². The van der Waals surface area contributed by atoms with Gasteiger partial charge in [-0.1, -0.05) is 24.3 Å². The number of hydrogen-bond acceptors (Lipinski definition) is 5. The number of H-pyrrole nitrogens is 1. The van der Waals surface area contributed by atoms with Gasteiger partial charge < -0.3 is 14.5 Å². The molecule has 6 nitrogen and oxygen atoms in total. The van der Waals surface area contributed by atoms with Crippen molar-refractivity contribution in [2.24, 2.45) is 0 Å². The molecule has 1 heterocycles. The first kappa shape index (κ1) is 17.2. The van der Waals surface area contributed by atoms with Gasteiger partial charge in [0.1, 0.15) is 17.3 Å². The number of nitrogens with zero attached hydrogens (tertiary/aromatic N) is 1. The monoisotopic (exact) mass is 384 g/mol. The molecule has 0 spiro atoms. The largest absolute Gasteiger partial charge is 0.497 e. The van der Waals surface area contributed by atoms with E-state index < -0.39 is 0 Å². The standard InChI is InChI=1S/C23H16N2O4/c1-28-12-7-10-18(29-2)16(11-12)23-24-17-9-8-15-19(20(17)25-23)22(27)14-6-4-3-5-13(14)21(15)26/h3-11H,1-2H3,(H,24,25). The lowest BCUT2D eigenvalue weighted by molar-refractivity contribution is 0.0980. The molecule has 0 fully saturated rings. The van der Waals surface area contributed by atoms with Crippen LogP contribution in [-0.4, -0.2) is 35.8 Å². The maximum absolute atomic E-state index is 13.2. The predicted molar refractivity (Wildman–Crippen MR) is 108 cm³/mol. The first-order valence-corrected chi connectivity index (χ1v) is 9.06. The van der Waals surface area contributed by atoms with Gasteiger partial charge in [0.2, 0.25) is 0 Å². The van der Waals surface area contributed by atoms with Crippen molar-refractivity contribution in [1.82, 2.24) is 9.97 Å². The van der Waals surface area contributed by atoms with Crippen LogP contribution in [0.25, 0.3) is 22.4 Å².